The molecule has 0 spiro atoms. The van der Waals surface area contributed by atoms with Gasteiger partial charge in [-0.2, -0.15) is 14.9 Å². The van der Waals surface area contributed by atoms with E-state index in [1.807, 2.05) is 18.2 Å². The average Bonchev–Trinajstić information content (AvgIpc) is 2.92. The maximum atomic E-state index is 13.9. The summed E-state index contributed by atoms with van der Waals surface area (Å²) in [6.45, 7) is 1.80. The molecular weight excluding hydrogens is 363 g/mol. The predicted octanol–water partition coefficient (Wildman–Crippen LogP) is 4.50. The number of nitrogens with zero attached hydrogens (tertiary/aromatic N) is 3. The lowest BCUT2D eigenvalue weighted by atomic mass is 10.2. The lowest BCUT2D eigenvalue weighted by Crippen LogP contribution is -2.02. The van der Waals surface area contributed by atoms with Crippen molar-refractivity contribution in [1.82, 2.24) is 14.9 Å². The minimum absolute atomic E-state index is 0.0144. The Morgan fingerprint density at radius 1 is 1.32 bits per heavy atom. The molecule has 0 fully saturated rings. The largest absolute Gasteiger partial charge is 0.488 e. The number of ether oxygens (including phenoxy) is 1. The molecular formula is C17H14ClFN4OS. The maximum Gasteiger partial charge on any atom is 0.216 e. The summed E-state index contributed by atoms with van der Waals surface area (Å²) in [5, 5.41) is 11.3. The first kappa shape index (κ1) is 17.3. The number of aromatic amines is 1. The molecule has 5 nitrogen and oxygen atoms in total. The van der Waals surface area contributed by atoms with E-state index in [0.29, 0.717) is 26.9 Å². The summed E-state index contributed by atoms with van der Waals surface area (Å²) in [6, 6.07) is 11.8. The van der Waals surface area contributed by atoms with Gasteiger partial charge in [0, 0.05) is 11.1 Å². The summed E-state index contributed by atoms with van der Waals surface area (Å²) in [4.78, 5) is 0. The smallest absolute Gasteiger partial charge is 0.216 e. The Hall–Kier alpha value is -2.51. The fraction of sp³-hybridized carbons (Fsp3) is 0.118. The van der Waals surface area contributed by atoms with Crippen LogP contribution in [0, 0.1) is 17.5 Å². The Balaban J connectivity index is 1.83. The van der Waals surface area contributed by atoms with Gasteiger partial charge < -0.3 is 4.74 Å². The molecule has 0 atom stereocenters. The van der Waals surface area contributed by atoms with Crippen molar-refractivity contribution >= 4 is 30.0 Å². The fourth-order valence-corrected chi connectivity index (χ4v) is 2.61. The molecule has 0 aliphatic carbocycles. The van der Waals surface area contributed by atoms with Crippen molar-refractivity contribution < 1.29 is 9.13 Å². The quantitative estimate of drug-likeness (QED) is 0.526. The number of hydrogen-bond donors (Lipinski definition) is 1. The molecule has 0 unspecified atom stereocenters. The summed E-state index contributed by atoms with van der Waals surface area (Å²) >= 11 is 11.1. The number of para-hydroxylation sites is 1. The molecule has 0 saturated heterocycles. The van der Waals surface area contributed by atoms with Crippen molar-refractivity contribution in [3.05, 3.63) is 75.0 Å². The average molecular weight is 377 g/mol. The summed E-state index contributed by atoms with van der Waals surface area (Å²) in [5.41, 5.74) is 1.03. The van der Waals surface area contributed by atoms with Gasteiger partial charge in [-0.25, -0.2) is 4.39 Å². The second-order valence-corrected chi connectivity index (χ2v) is 5.95. The summed E-state index contributed by atoms with van der Waals surface area (Å²) in [7, 11) is 0. The van der Waals surface area contributed by atoms with Gasteiger partial charge in [0.25, 0.3) is 0 Å². The van der Waals surface area contributed by atoms with Crippen molar-refractivity contribution in [2.45, 2.75) is 13.5 Å². The molecule has 8 heteroatoms. The van der Waals surface area contributed by atoms with Crippen LogP contribution in [0.15, 0.2) is 47.6 Å². The van der Waals surface area contributed by atoms with Crippen LogP contribution in [0.25, 0.3) is 0 Å². The maximum absolute atomic E-state index is 13.9. The van der Waals surface area contributed by atoms with E-state index in [2.05, 4.69) is 15.3 Å². The molecule has 1 heterocycles. The Bertz CT molecular complexity index is 963. The van der Waals surface area contributed by atoms with Gasteiger partial charge in [-0.15, -0.1) is 0 Å². The van der Waals surface area contributed by atoms with Gasteiger partial charge in [-0.05, 0) is 43.4 Å². The molecule has 3 aromatic rings. The summed E-state index contributed by atoms with van der Waals surface area (Å²) in [6.07, 6.45) is 1.61. The minimum atomic E-state index is -0.404. The third-order valence-electron chi connectivity index (χ3n) is 3.48. The van der Waals surface area contributed by atoms with E-state index < -0.39 is 5.82 Å². The molecule has 1 N–H and O–H groups in total. The van der Waals surface area contributed by atoms with Crippen LogP contribution in [-0.2, 0) is 6.61 Å². The molecule has 0 saturated carbocycles. The number of benzene rings is 2. The highest BCUT2D eigenvalue weighted by molar-refractivity contribution is 7.71. The second kappa shape index (κ2) is 7.58. The molecule has 0 bridgehead atoms. The van der Waals surface area contributed by atoms with Crippen LogP contribution in [0.3, 0.4) is 0 Å². The number of halogens is 2. The Labute approximate surface area is 153 Å². The van der Waals surface area contributed by atoms with Gasteiger partial charge in [-0.3, -0.25) is 5.10 Å². The lowest BCUT2D eigenvalue weighted by molar-refractivity contribution is 0.299. The number of aryl methyl sites for hydroxylation is 1. The third kappa shape index (κ3) is 3.94. The highest BCUT2D eigenvalue weighted by Gasteiger charge is 2.09. The van der Waals surface area contributed by atoms with E-state index in [0.717, 1.165) is 5.56 Å². The molecule has 25 heavy (non-hydrogen) atoms. The highest BCUT2D eigenvalue weighted by atomic mass is 35.5. The van der Waals surface area contributed by atoms with Crippen molar-refractivity contribution in [1.29, 1.82) is 0 Å². The molecule has 3 rings (SSSR count). The normalized spacial score (nSPS) is 11.2. The van der Waals surface area contributed by atoms with Crippen molar-refractivity contribution in [3.8, 4) is 5.75 Å². The van der Waals surface area contributed by atoms with E-state index in [-0.39, 0.29) is 6.61 Å². The van der Waals surface area contributed by atoms with Gasteiger partial charge in [0.15, 0.2) is 0 Å². The van der Waals surface area contributed by atoms with E-state index in [9.17, 15) is 4.39 Å². The molecule has 0 radical (unpaired) electrons. The third-order valence-corrected chi connectivity index (χ3v) is 4.10. The van der Waals surface area contributed by atoms with Crippen molar-refractivity contribution in [2.24, 2.45) is 5.10 Å². The van der Waals surface area contributed by atoms with E-state index in [1.165, 1.54) is 10.7 Å². The van der Waals surface area contributed by atoms with Crippen LogP contribution in [-0.4, -0.2) is 21.1 Å². The first-order chi connectivity index (χ1) is 12.1. The number of aromatic nitrogens is 3. The molecule has 0 aliphatic rings. The lowest BCUT2D eigenvalue weighted by Gasteiger charge is -2.10. The second-order valence-electron chi connectivity index (χ2n) is 5.16. The van der Waals surface area contributed by atoms with E-state index >= 15 is 0 Å². The van der Waals surface area contributed by atoms with Gasteiger partial charge >= 0.3 is 0 Å². The molecule has 2 aromatic carbocycles. The van der Waals surface area contributed by atoms with Crippen LogP contribution >= 0.6 is 23.8 Å². The monoisotopic (exact) mass is 376 g/mol. The molecule has 128 valence electrons. The van der Waals surface area contributed by atoms with Crippen LogP contribution in [0.4, 0.5) is 4.39 Å². The summed E-state index contributed by atoms with van der Waals surface area (Å²) < 4.78 is 21.5. The standard InChI is InChI=1S/C17H14ClFN4OS/c1-11-21-22-17(25)23(11)20-9-12-5-2-3-8-16(12)24-10-13-14(18)6-4-7-15(13)19/h2-9H,10H2,1H3,(H,22,25)/b20-9+. The number of H-pyrrole nitrogens is 1. The van der Waals surface area contributed by atoms with Gasteiger partial charge in [0.05, 0.1) is 11.2 Å². The fourth-order valence-electron chi connectivity index (χ4n) is 2.17. The van der Waals surface area contributed by atoms with Gasteiger partial charge in [0.1, 0.15) is 24.0 Å². The molecule has 1 aromatic heterocycles. The zero-order chi connectivity index (χ0) is 17.8. The van der Waals surface area contributed by atoms with Crippen LogP contribution in [0.2, 0.25) is 5.02 Å². The number of nitrogens with one attached hydrogen (secondary N) is 1. The van der Waals surface area contributed by atoms with Crippen molar-refractivity contribution in [3.63, 3.8) is 0 Å². The first-order valence-corrected chi connectivity index (χ1v) is 8.18. The summed E-state index contributed by atoms with van der Waals surface area (Å²) in [5.74, 6) is 0.787. The van der Waals surface area contributed by atoms with Crippen LogP contribution in [0.5, 0.6) is 5.75 Å². The first-order valence-electron chi connectivity index (χ1n) is 7.39. The number of rotatable bonds is 5. The Morgan fingerprint density at radius 3 is 2.84 bits per heavy atom. The predicted molar refractivity (Wildman–Crippen MR) is 97.3 cm³/mol. The number of hydrogen-bond acceptors (Lipinski definition) is 4. The highest BCUT2D eigenvalue weighted by Crippen LogP contribution is 2.23. The van der Waals surface area contributed by atoms with Gasteiger partial charge in [-0.1, -0.05) is 29.8 Å². The Morgan fingerprint density at radius 2 is 2.12 bits per heavy atom. The van der Waals surface area contributed by atoms with E-state index in [4.69, 9.17) is 28.6 Å². The van der Waals surface area contributed by atoms with Crippen LogP contribution < -0.4 is 4.74 Å². The topological polar surface area (TPSA) is 55.2 Å². The van der Waals surface area contributed by atoms with E-state index in [1.54, 1.807) is 31.3 Å². The zero-order valence-corrected chi connectivity index (χ0v) is 14.8. The minimum Gasteiger partial charge on any atom is -0.488 e. The SMILES string of the molecule is Cc1n[nH]c(=S)n1/N=C/c1ccccc1OCc1c(F)cccc1Cl. The zero-order valence-electron chi connectivity index (χ0n) is 13.2. The van der Waals surface area contributed by atoms with Gasteiger partial charge in [0.2, 0.25) is 4.77 Å². The Kier molecular flexibility index (Phi) is 5.25. The molecule has 0 aliphatic heterocycles. The molecule has 0 amide bonds. The van der Waals surface area contributed by atoms with Crippen molar-refractivity contribution in [2.75, 3.05) is 0 Å². The van der Waals surface area contributed by atoms with Crippen LogP contribution in [0.1, 0.15) is 17.0 Å².